The third-order valence-corrected chi connectivity index (χ3v) is 4.71. The fourth-order valence-electron chi connectivity index (χ4n) is 2.53. The molecule has 0 aromatic heterocycles. The first kappa shape index (κ1) is 19.7. The lowest BCUT2D eigenvalue weighted by Gasteiger charge is -2.26. The molecule has 0 amide bonds. The van der Waals surface area contributed by atoms with Crippen LogP contribution >= 0.6 is 0 Å². The number of hydrogen-bond acceptors (Lipinski definition) is 1. The van der Waals surface area contributed by atoms with Gasteiger partial charge in [-0.15, -0.1) is 6.58 Å². The monoisotopic (exact) mass is 314 g/mol. The molecule has 2 unspecified atom stereocenters. The van der Waals surface area contributed by atoms with Gasteiger partial charge < -0.3 is 4.74 Å². The maximum Gasteiger partial charge on any atom is 0.0836 e. The third-order valence-electron chi connectivity index (χ3n) is 4.71. The van der Waals surface area contributed by atoms with Crippen LogP contribution in [-0.4, -0.2) is 12.2 Å². The molecule has 0 saturated heterocycles. The van der Waals surface area contributed by atoms with Crippen LogP contribution in [0.15, 0.2) is 43.0 Å². The molecule has 0 spiro atoms. The smallest absolute Gasteiger partial charge is 0.0836 e. The first-order valence-corrected chi connectivity index (χ1v) is 9.06. The maximum atomic E-state index is 6.06. The van der Waals surface area contributed by atoms with Gasteiger partial charge in [-0.2, -0.15) is 0 Å². The molecule has 1 aromatic rings. The minimum atomic E-state index is -0.218. The first-order valence-electron chi connectivity index (χ1n) is 9.06. The molecule has 0 bridgehead atoms. The SMILES string of the molecule is C=CC(C)(CCCC(C)CC)OC/C=C/c1ccc(CC)cc1. The molecule has 1 aromatic carbocycles. The van der Waals surface area contributed by atoms with Gasteiger partial charge in [-0.25, -0.2) is 0 Å². The second-order valence-electron chi connectivity index (χ2n) is 6.73. The van der Waals surface area contributed by atoms with E-state index in [-0.39, 0.29) is 5.60 Å². The molecule has 2 atom stereocenters. The van der Waals surface area contributed by atoms with Crippen molar-refractivity contribution >= 4 is 6.08 Å². The number of hydrogen-bond donors (Lipinski definition) is 0. The van der Waals surface area contributed by atoms with Crippen molar-refractivity contribution in [3.63, 3.8) is 0 Å². The Hall–Kier alpha value is -1.34. The van der Waals surface area contributed by atoms with E-state index in [1.807, 2.05) is 6.08 Å². The van der Waals surface area contributed by atoms with Crippen molar-refractivity contribution in [1.82, 2.24) is 0 Å². The van der Waals surface area contributed by atoms with E-state index in [0.717, 1.165) is 18.8 Å². The lowest BCUT2D eigenvalue weighted by atomic mass is 9.94. The summed E-state index contributed by atoms with van der Waals surface area (Å²) in [4.78, 5) is 0. The van der Waals surface area contributed by atoms with Gasteiger partial charge in [0.1, 0.15) is 0 Å². The summed E-state index contributed by atoms with van der Waals surface area (Å²) in [7, 11) is 0. The molecular weight excluding hydrogens is 280 g/mol. The van der Waals surface area contributed by atoms with Crippen LogP contribution in [0.25, 0.3) is 6.08 Å². The molecule has 0 radical (unpaired) electrons. The molecule has 1 heteroatoms. The van der Waals surface area contributed by atoms with Crippen molar-refractivity contribution in [2.45, 2.75) is 65.4 Å². The van der Waals surface area contributed by atoms with E-state index in [4.69, 9.17) is 4.74 Å². The molecule has 0 saturated carbocycles. The molecule has 0 aliphatic carbocycles. The van der Waals surface area contributed by atoms with Gasteiger partial charge in [-0.05, 0) is 43.2 Å². The summed E-state index contributed by atoms with van der Waals surface area (Å²) < 4.78 is 6.06. The summed E-state index contributed by atoms with van der Waals surface area (Å²) in [5, 5.41) is 0. The molecule has 0 aliphatic rings. The van der Waals surface area contributed by atoms with Crippen LogP contribution in [-0.2, 0) is 11.2 Å². The van der Waals surface area contributed by atoms with E-state index >= 15 is 0 Å². The summed E-state index contributed by atoms with van der Waals surface area (Å²) in [6, 6.07) is 8.69. The Morgan fingerprint density at radius 1 is 1.22 bits per heavy atom. The number of rotatable bonds is 11. The Morgan fingerprint density at radius 2 is 1.91 bits per heavy atom. The molecule has 1 nitrogen and oxygen atoms in total. The topological polar surface area (TPSA) is 9.23 Å². The summed E-state index contributed by atoms with van der Waals surface area (Å²) in [6.45, 7) is 13.5. The fourth-order valence-corrected chi connectivity index (χ4v) is 2.53. The number of aryl methyl sites for hydroxylation is 1. The Morgan fingerprint density at radius 3 is 2.48 bits per heavy atom. The van der Waals surface area contributed by atoms with Crippen molar-refractivity contribution in [2.24, 2.45) is 5.92 Å². The summed E-state index contributed by atoms with van der Waals surface area (Å²) >= 11 is 0. The molecule has 0 aliphatic heterocycles. The first-order chi connectivity index (χ1) is 11.0. The minimum absolute atomic E-state index is 0.218. The lowest BCUT2D eigenvalue weighted by Crippen LogP contribution is -2.26. The van der Waals surface area contributed by atoms with Crippen LogP contribution in [0.1, 0.15) is 64.5 Å². The van der Waals surface area contributed by atoms with Gasteiger partial charge >= 0.3 is 0 Å². The quantitative estimate of drug-likeness (QED) is 0.427. The van der Waals surface area contributed by atoms with Crippen LogP contribution in [0.2, 0.25) is 0 Å². The average molecular weight is 315 g/mol. The number of ether oxygens (including phenoxy) is 1. The largest absolute Gasteiger partial charge is 0.367 e. The van der Waals surface area contributed by atoms with Crippen LogP contribution in [0.3, 0.4) is 0 Å². The van der Waals surface area contributed by atoms with Gasteiger partial charge in [-0.1, -0.05) is 76.1 Å². The highest BCUT2D eigenvalue weighted by Gasteiger charge is 2.19. The van der Waals surface area contributed by atoms with Crippen LogP contribution < -0.4 is 0 Å². The molecule has 0 fully saturated rings. The second-order valence-corrected chi connectivity index (χ2v) is 6.73. The van der Waals surface area contributed by atoms with E-state index in [1.54, 1.807) is 0 Å². The lowest BCUT2D eigenvalue weighted by molar-refractivity contribution is 0.0150. The van der Waals surface area contributed by atoms with Crippen molar-refractivity contribution in [2.75, 3.05) is 6.61 Å². The van der Waals surface area contributed by atoms with Crippen LogP contribution in [0, 0.1) is 5.92 Å². The molecule has 0 N–H and O–H groups in total. The van der Waals surface area contributed by atoms with Gasteiger partial charge in [0, 0.05) is 0 Å². The molecule has 128 valence electrons. The average Bonchev–Trinajstić information content (AvgIpc) is 2.59. The predicted molar refractivity (Wildman–Crippen MR) is 103 cm³/mol. The third kappa shape index (κ3) is 7.65. The van der Waals surface area contributed by atoms with Crippen LogP contribution in [0.4, 0.5) is 0 Å². The summed E-state index contributed by atoms with van der Waals surface area (Å²) in [5.74, 6) is 0.801. The van der Waals surface area contributed by atoms with Gasteiger partial charge in [0.25, 0.3) is 0 Å². The van der Waals surface area contributed by atoms with E-state index in [1.165, 1.54) is 30.4 Å². The minimum Gasteiger partial charge on any atom is -0.367 e. The van der Waals surface area contributed by atoms with Crippen molar-refractivity contribution in [3.8, 4) is 0 Å². The highest BCUT2D eigenvalue weighted by atomic mass is 16.5. The molecular formula is C22H34O. The predicted octanol–water partition coefficient (Wildman–Crippen LogP) is 6.44. The molecule has 0 heterocycles. The van der Waals surface area contributed by atoms with Gasteiger partial charge in [0.2, 0.25) is 0 Å². The highest BCUT2D eigenvalue weighted by Crippen LogP contribution is 2.22. The van der Waals surface area contributed by atoms with Gasteiger partial charge in [-0.3, -0.25) is 0 Å². The summed E-state index contributed by atoms with van der Waals surface area (Å²) in [5.41, 5.74) is 2.38. The molecule has 1 rings (SSSR count). The van der Waals surface area contributed by atoms with Gasteiger partial charge in [0.05, 0.1) is 12.2 Å². The normalized spacial score (nSPS) is 15.5. The molecule has 23 heavy (non-hydrogen) atoms. The second kappa shape index (κ2) is 10.4. The van der Waals surface area contributed by atoms with Crippen LogP contribution in [0.5, 0.6) is 0 Å². The Balaban J connectivity index is 2.40. The fraction of sp³-hybridized carbons (Fsp3) is 0.545. The highest BCUT2D eigenvalue weighted by molar-refractivity contribution is 5.49. The van der Waals surface area contributed by atoms with Crippen molar-refractivity contribution in [3.05, 3.63) is 54.1 Å². The van der Waals surface area contributed by atoms with Gasteiger partial charge in [0.15, 0.2) is 0 Å². The zero-order valence-corrected chi connectivity index (χ0v) is 15.5. The Kier molecular flexibility index (Phi) is 8.94. The van der Waals surface area contributed by atoms with E-state index in [0.29, 0.717) is 6.61 Å². The zero-order chi connectivity index (χ0) is 17.1. The Labute approximate surface area is 143 Å². The standard InChI is InChI=1S/C22H34O/c1-6-19(4)11-9-17-22(5,8-3)23-18-10-12-21-15-13-20(7-2)14-16-21/h8,10,12-16,19H,3,6-7,9,11,17-18H2,1-2,4-5H3/b12-10+. The maximum absolute atomic E-state index is 6.06. The van der Waals surface area contributed by atoms with E-state index in [2.05, 4.69) is 70.7 Å². The van der Waals surface area contributed by atoms with E-state index in [9.17, 15) is 0 Å². The summed E-state index contributed by atoms with van der Waals surface area (Å²) in [6.07, 6.45) is 12.0. The zero-order valence-electron chi connectivity index (χ0n) is 15.5. The van der Waals surface area contributed by atoms with Crippen molar-refractivity contribution in [1.29, 1.82) is 0 Å². The Bertz CT molecular complexity index is 471. The van der Waals surface area contributed by atoms with E-state index < -0.39 is 0 Å². The number of benzene rings is 1. The van der Waals surface area contributed by atoms with Crippen molar-refractivity contribution < 1.29 is 4.74 Å².